The molecule has 1 unspecified atom stereocenters. The minimum atomic E-state index is -0.318. The normalized spacial score (nSPS) is 12.5. The number of hydrogen-bond acceptors (Lipinski definition) is 4. The van der Waals surface area contributed by atoms with Crippen molar-refractivity contribution in [2.75, 3.05) is 0 Å². The van der Waals surface area contributed by atoms with Gasteiger partial charge in [-0.15, -0.1) is 11.3 Å². The highest BCUT2D eigenvalue weighted by Crippen LogP contribution is 2.28. The largest absolute Gasteiger partial charge is 0.467 e. The molecule has 0 amide bonds. The fourth-order valence-corrected chi connectivity index (χ4v) is 2.73. The quantitative estimate of drug-likeness (QED) is 0.790. The van der Waals surface area contributed by atoms with E-state index in [9.17, 15) is 0 Å². The maximum Gasteiger partial charge on any atom is 0.127 e. The van der Waals surface area contributed by atoms with Gasteiger partial charge in [0.2, 0.25) is 0 Å². The van der Waals surface area contributed by atoms with Crippen LogP contribution >= 0.6 is 22.9 Å². The molecule has 2 N–H and O–H groups in total. The van der Waals surface area contributed by atoms with Gasteiger partial charge in [0.1, 0.15) is 16.8 Å². The predicted octanol–water partition coefficient (Wildman–Crippen LogP) is 4.10. The van der Waals surface area contributed by atoms with Crippen LogP contribution in [0, 0.1) is 0 Å². The fourth-order valence-electron chi connectivity index (χ4n) is 1.77. The number of thiazole rings is 1. The molecule has 1 atom stereocenters. The van der Waals surface area contributed by atoms with Crippen LogP contribution < -0.4 is 5.73 Å². The van der Waals surface area contributed by atoms with Gasteiger partial charge >= 0.3 is 0 Å². The number of nitrogens with zero attached hydrogens (tertiary/aromatic N) is 1. The van der Waals surface area contributed by atoms with Gasteiger partial charge in [0.05, 0.1) is 12.0 Å². The van der Waals surface area contributed by atoms with Crippen LogP contribution in [0.5, 0.6) is 0 Å². The summed E-state index contributed by atoms with van der Waals surface area (Å²) in [5, 5.41) is 3.54. The number of aromatic nitrogens is 1. The average Bonchev–Trinajstić information content (AvgIpc) is 3.10. The van der Waals surface area contributed by atoms with Crippen molar-refractivity contribution in [2.45, 2.75) is 6.04 Å². The molecule has 3 nitrogen and oxygen atoms in total. The van der Waals surface area contributed by atoms with Crippen molar-refractivity contribution in [2.24, 2.45) is 5.73 Å². The molecule has 1 aromatic carbocycles. The number of halogens is 1. The Morgan fingerprint density at radius 3 is 2.68 bits per heavy atom. The first-order valence-electron chi connectivity index (χ1n) is 5.74. The maximum absolute atomic E-state index is 6.11. The molecule has 0 aliphatic heterocycles. The van der Waals surface area contributed by atoms with Gasteiger partial charge in [-0.25, -0.2) is 4.98 Å². The van der Waals surface area contributed by atoms with Crippen molar-refractivity contribution in [3.63, 3.8) is 0 Å². The summed E-state index contributed by atoms with van der Waals surface area (Å²) >= 11 is 7.40. The molecule has 2 heterocycles. The van der Waals surface area contributed by atoms with Crippen LogP contribution in [0.25, 0.3) is 11.3 Å². The second-order valence-corrected chi connectivity index (χ2v) is 5.40. The molecule has 0 spiro atoms. The molecule has 0 radical (unpaired) electrons. The van der Waals surface area contributed by atoms with E-state index < -0.39 is 0 Å². The molecule has 0 saturated carbocycles. The summed E-state index contributed by atoms with van der Waals surface area (Å²) in [4.78, 5) is 4.56. The molecular weight excluding hydrogens is 280 g/mol. The van der Waals surface area contributed by atoms with Crippen LogP contribution in [0.3, 0.4) is 0 Å². The van der Waals surface area contributed by atoms with E-state index >= 15 is 0 Å². The molecule has 0 saturated heterocycles. The molecule has 3 aromatic rings. The Balaban J connectivity index is 1.89. The third kappa shape index (κ3) is 2.56. The number of rotatable bonds is 3. The molecule has 0 aliphatic rings. The van der Waals surface area contributed by atoms with Crippen molar-refractivity contribution >= 4 is 22.9 Å². The fraction of sp³-hybridized carbons (Fsp3) is 0.0714. The summed E-state index contributed by atoms with van der Waals surface area (Å²) in [7, 11) is 0. The van der Waals surface area contributed by atoms with Gasteiger partial charge in [-0.3, -0.25) is 0 Å². The molecular formula is C14H11ClN2OS. The summed E-state index contributed by atoms with van der Waals surface area (Å²) in [5.41, 5.74) is 8.04. The van der Waals surface area contributed by atoms with E-state index in [-0.39, 0.29) is 6.04 Å². The molecule has 5 heteroatoms. The van der Waals surface area contributed by atoms with Gasteiger partial charge in [0, 0.05) is 16.0 Å². The topological polar surface area (TPSA) is 52.0 Å². The first-order chi connectivity index (χ1) is 9.24. The number of nitrogens with two attached hydrogens (primary N) is 1. The molecule has 0 bridgehead atoms. The summed E-state index contributed by atoms with van der Waals surface area (Å²) in [6.07, 6.45) is 1.61. The van der Waals surface area contributed by atoms with Crippen molar-refractivity contribution in [1.82, 2.24) is 4.98 Å². The van der Waals surface area contributed by atoms with Gasteiger partial charge < -0.3 is 10.2 Å². The summed E-state index contributed by atoms with van der Waals surface area (Å²) < 4.78 is 5.30. The van der Waals surface area contributed by atoms with E-state index in [1.807, 2.05) is 41.8 Å². The van der Waals surface area contributed by atoms with Gasteiger partial charge in [-0.1, -0.05) is 23.7 Å². The zero-order chi connectivity index (χ0) is 13.2. The van der Waals surface area contributed by atoms with Crippen LogP contribution in [-0.4, -0.2) is 4.98 Å². The zero-order valence-corrected chi connectivity index (χ0v) is 11.5. The lowest BCUT2D eigenvalue weighted by Crippen LogP contribution is -2.10. The van der Waals surface area contributed by atoms with Crippen LogP contribution in [0.4, 0.5) is 0 Å². The Kier molecular flexibility index (Phi) is 3.38. The second-order valence-electron chi connectivity index (χ2n) is 4.07. The first kappa shape index (κ1) is 12.4. The summed E-state index contributed by atoms with van der Waals surface area (Å²) in [6.45, 7) is 0. The molecule has 0 fully saturated rings. The van der Waals surface area contributed by atoms with Crippen molar-refractivity contribution < 1.29 is 4.42 Å². The standard InChI is InChI=1S/C14H11ClN2OS/c15-10-5-3-9(4-6-10)11-8-19-14(17-11)13(16)12-2-1-7-18-12/h1-8,13H,16H2. The molecule has 96 valence electrons. The summed E-state index contributed by atoms with van der Waals surface area (Å²) in [5.74, 6) is 0.719. The van der Waals surface area contributed by atoms with Gasteiger partial charge in [-0.05, 0) is 24.3 Å². The van der Waals surface area contributed by atoms with Crippen LogP contribution in [-0.2, 0) is 0 Å². The molecule has 2 aromatic heterocycles. The van der Waals surface area contributed by atoms with Crippen LogP contribution in [0.1, 0.15) is 16.8 Å². The Bertz CT molecular complexity index is 661. The van der Waals surface area contributed by atoms with E-state index in [1.54, 1.807) is 6.26 Å². The van der Waals surface area contributed by atoms with Crippen molar-refractivity contribution in [3.8, 4) is 11.3 Å². The van der Waals surface area contributed by atoms with E-state index in [0.29, 0.717) is 5.02 Å². The minimum absolute atomic E-state index is 0.318. The Labute approximate surface area is 119 Å². The lowest BCUT2D eigenvalue weighted by Gasteiger charge is -2.03. The van der Waals surface area contributed by atoms with E-state index in [2.05, 4.69) is 4.98 Å². The van der Waals surface area contributed by atoms with E-state index in [1.165, 1.54) is 11.3 Å². The highest BCUT2D eigenvalue weighted by Gasteiger charge is 2.16. The number of hydrogen-bond donors (Lipinski definition) is 1. The first-order valence-corrected chi connectivity index (χ1v) is 7.00. The third-order valence-corrected chi connectivity index (χ3v) is 3.96. The van der Waals surface area contributed by atoms with Crippen LogP contribution in [0.2, 0.25) is 5.02 Å². The highest BCUT2D eigenvalue weighted by atomic mass is 35.5. The molecule has 19 heavy (non-hydrogen) atoms. The molecule has 0 aliphatic carbocycles. The maximum atomic E-state index is 6.11. The molecule has 3 rings (SSSR count). The summed E-state index contributed by atoms with van der Waals surface area (Å²) in [6, 6.07) is 10.9. The SMILES string of the molecule is NC(c1ccco1)c1nc(-c2ccc(Cl)cc2)cs1. The number of benzene rings is 1. The highest BCUT2D eigenvalue weighted by molar-refractivity contribution is 7.10. The van der Waals surface area contributed by atoms with Crippen molar-refractivity contribution in [3.05, 3.63) is 63.8 Å². The monoisotopic (exact) mass is 290 g/mol. The number of furan rings is 1. The second kappa shape index (κ2) is 5.17. The lowest BCUT2D eigenvalue weighted by molar-refractivity contribution is 0.489. The smallest absolute Gasteiger partial charge is 0.127 e. The Morgan fingerprint density at radius 2 is 2.00 bits per heavy atom. The average molecular weight is 291 g/mol. The zero-order valence-electron chi connectivity index (χ0n) is 9.92. The third-order valence-electron chi connectivity index (χ3n) is 2.78. The van der Waals surface area contributed by atoms with Gasteiger partial charge in [-0.2, -0.15) is 0 Å². The minimum Gasteiger partial charge on any atom is -0.467 e. The Morgan fingerprint density at radius 1 is 1.21 bits per heavy atom. The van der Waals surface area contributed by atoms with Crippen LogP contribution in [0.15, 0.2) is 52.5 Å². The Hall–Kier alpha value is -1.62. The predicted molar refractivity (Wildman–Crippen MR) is 77.3 cm³/mol. The van der Waals surface area contributed by atoms with Gasteiger partial charge in [0.15, 0.2) is 0 Å². The van der Waals surface area contributed by atoms with Gasteiger partial charge in [0.25, 0.3) is 0 Å². The lowest BCUT2D eigenvalue weighted by atomic mass is 10.2. The van der Waals surface area contributed by atoms with E-state index in [4.69, 9.17) is 21.8 Å². The van der Waals surface area contributed by atoms with E-state index in [0.717, 1.165) is 22.0 Å². The van der Waals surface area contributed by atoms with Crippen molar-refractivity contribution in [1.29, 1.82) is 0 Å².